The number of hydrogen-bond acceptors (Lipinski definition) is 4. The third-order valence-corrected chi connectivity index (χ3v) is 4.57. The van der Waals surface area contributed by atoms with E-state index < -0.39 is 0 Å². The molecule has 1 N–H and O–H groups in total. The number of nitrogens with one attached hydrogen (secondary N) is 1. The van der Waals surface area contributed by atoms with Crippen molar-refractivity contribution in [2.24, 2.45) is 5.92 Å². The smallest absolute Gasteiger partial charge is 0.372 e. The molecular formula is C18H24NO4+. The van der Waals surface area contributed by atoms with Gasteiger partial charge >= 0.3 is 18.1 Å². The zero-order chi connectivity index (χ0) is 16.2. The molecule has 1 aliphatic heterocycles. The van der Waals surface area contributed by atoms with Gasteiger partial charge in [-0.15, -0.1) is 0 Å². The number of hydrogen-bond donors (Lipinski definition) is 1. The number of carbonyl (C=O) groups is 1. The van der Waals surface area contributed by atoms with E-state index >= 15 is 0 Å². The van der Waals surface area contributed by atoms with Gasteiger partial charge in [-0.3, -0.25) is 4.79 Å². The molecule has 1 fully saturated rings. The average molecular weight is 318 g/mol. The average Bonchev–Trinajstić information content (AvgIpc) is 2.56. The van der Waals surface area contributed by atoms with Crippen LogP contribution in [0.1, 0.15) is 44.3 Å². The summed E-state index contributed by atoms with van der Waals surface area (Å²) < 4.78 is 17.4. The normalized spacial score (nSPS) is 28.1. The van der Waals surface area contributed by atoms with Gasteiger partial charge in [0.2, 0.25) is 6.10 Å². The van der Waals surface area contributed by atoms with Crippen LogP contribution in [-0.4, -0.2) is 31.3 Å². The summed E-state index contributed by atoms with van der Waals surface area (Å²) in [6, 6.07) is 9.91. The molecule has 3 rings (SSSR count). The van der Waals surface area contributed by atoms with Gasteiger partial charge in [0.15, 0.2) is 0 Å². The van der Waals surface area contributed by atoms with E-state index in [2.05, 4.69) is 4.99 Å². The first-order valence-electron chi connectivity index (χ1n) is 8.24. The van der Waals surface area contributed by atoms with Crippen molar-refractivity contribution in [1.29, 1.82) is 0 Å². The van der Waals surface area contributed by atoms with Crippen LogP contribution in [-0.2, 0) is 19.0 Å². The summed E-state index contributed by atoms with van der Waals surface area (Å²) in [7, 11) is 1.66. The molecule has 0 amide bonds. The Morgan fingerprint density at radius 3 is 2.70 bits per heavy atom. The minimum atomic E-state index is -0.345. The predicted octanol–water partition coefficient (Wildman–Crippen LogP) is 1.33. The molecule has 2 aliphatic rings. The molecule has 1 saturated carbocycles. The molecule has 2 unspecified atom stereocenters. The first kappa shape index (κ1) is 16.0. The Balaban J connectivity index is 1.89. The number of carbonyl (C=O) groups excluding carboxylic acids is 1. The van der Waals surface area contributed by atoms with Crippen molar-refractivity contribution in [2.45, 2.75) is 51.0 Å². The van der Waals surface area contributed by atoms with Gasteiger partial charge in [0.05, 0.1) is 5.92 Å². The van der Waals surface area contributed by atoms with Crippen molar-refractivity contribution in [3.8, 4) is 0 Å². The Hall–Kier alpha value is -1.88. The maximum atomic E-state index is 11.5. The minimum Gasteiger partial charge on any atom is -0.442 e. The molecular weight excluding hydrogens is 294 g/mol. The molecule has 0 bridgehead atoms. The number of rotatable bonds is 4. The highest BCUT2D eigenvalue weighted by molar-refractivity contribution is 5.77. The highest BCUT2D eigenvalue weighted by Crippen LogP contribution is 2.32. The molecule has 1 heterocycles. The monoisotopic (exact) mass is 318 g/mol. The Morgan fingerprint density at radius 2 is 2.00 bits per heavy atom. The molecule has 1 aliphatic carbocycles. The zero-order valence-corrected chi connectivity index (χ0v) is 13.7. The molecule has 0 radical (unpaired) electrons. The summed E-state index contributed by atoms with van der Waals surface area (Å²) in [5, 5.41) is 0. The SMILES string of the molecule is COC(C1=[NH+]C(OC(C)=O)[C@@H]2CCCC[C@@H]2O1)c1ccccc1. The maximum absolute atomic E-state index is 11.5. The number of methoxy groups -OCH3 is 1. The summed E-state index contributed by atoms with van der Waals surface area (Å²) >= 11 is 0. The first-order chi connectivity index (χ1) is 11.2. The van der Waals surface area contributed by atoms with Gasteiger partial charge < -0.3 is 14.2 Å². The lowest BCUT2D eigenvalue weighted by Crippen LogP contribution is -2.87. The van der Waals surface area contributed by atoms with E-state index in [1.54, 1.807) is 7.11 Å². The molecule has 1 aromatic rings. The Morgan fingerprint density at radius 1 is 1.26 bits per heavy atom. The van der Waals surface area contributed by atoms with Crippen LogP contribution in [0, 0.1) is 5.92 Å². The maximum Gasteiger partial charge on any atom is 0.372 e. The van der Waals surface area contributed by atoms with E-state index in [4.69, 9.17) is 14.2 Å². The number of fused-ring (bicyclic) bond motifs is 1. The van der Waals surface area contributed by atoms with Crippen LogP contribution < -0.4 is 4.99 Å². The third kappa shape index (κ3) is 3.55. The Labute approximate surface area is 136 Å². The van der Waals surface area contributed by atoms with Crippen molar-refractivity contribution in [3.05, 3.63) is 35.9 Å². The Bertz CT molecular complexity index is 572. The fraction of sp³-hybridized carbons (Fsp3) is 0.556. The lowest BCUT2D eigenvalue weighted by molar-refractivity contribution is -0.590. The predicted molar refractivity (Wildman–Crippen MR) is 84.5 cm³/mol. The largest absolute Gasteiger partial charge is 0.442 e. The molecule has 124 valence electrons. The van der Waals surface area contributed by atoms with E-state index in [-0.39, 0.29) is 30.3 Å². The van der Waals surface area contributed by atoms with E-state index in [1.807, 2.05) is 30.3 Å². The lowest BCUT2D eigenvalue weighted by Gasteiger charge is -2.36. The number of benzene rings is 1. The second kappa shape index (κ2) is 7.13. The first-order valence-corrected chi connectivity index (χ1v) is 8.24. The molecule has 1 aromatic carbocycles. The molecule has 4 atom stereocenters. The van der Waals surface area contributed by atoms with Crippen LogP contribution in [0.2, 0.25) is 0 Å². The van der Waals surface area contributed by atoms with Crippen molar-refractivity contribution in [1.82, 2.24) is 0 Å². The fourth-order valence-corrected chi connectivity index (χ4v) is 3.52. The van der Waals surface area contributed by atoms with E-state index in [9.17, 15) is 4.79 Å². The van der Waals surface area contributed by atoms with Crippen molar-refractivity contribution in [2.75, 3.05) is 7.11 Å². The summed E-state index contributed by atoms with van der Waals surface area (Å²) in [5.74, 6) is 0.555. The van der Waals surface area contributed by atoms with Crippen LogP contribution in [0.3, 0.4) is 0 Å². The van der Waals surface area contributed by atoms with Crippen molar-refractivity contribution < 1.29 is 24.0 Å². The Kier molecular flexibility index (Phi) is 4.96. The van der Waals surface area contributed by atoms with Gasteiger partial charge in [0.1, 0.15) is 6.10 Å². The summed E-state index contributed by atoms with van der Waals surface area (Å²) in [6.07, 6.45) is 3.69. The molecule has 5 nitrogen and oxygen atoms in total. The van der Waals surface area contributed by atoms with E-state index in [0.717, 1.165) is 31.2 Å². The van der Waals surface area contributed by atoms with Crippen LogP contribution in [0.25, 0.3) is 0 Å². The quantitative estimate of drug-likeness (QED) is 0.851. The molecule has 0 aromatic heterocycles. The van der Waals surface area contributed by atoms with Gasteiger partial charge in [0.25, 0.3) is 0 Å². The van der Waals surface area contributed by atoms with Crippen LogP contribution in [0.5, 0.6) is 0 Å². The zero-order valence-electron chi connectivity index (χ0n) is 13.7. The highest BCUT2D eigenvalue weighted by Gasteiger charge is 2.46. The second-order valence-electron chi connectivity index (χ2n) is 6.17. The molecule has 5 heteroatoms. The molecule has 0 spiro atoms. The van der Waals surface area contributed by atoms with Gasteiger partial charge in [-0.1, -0.05) is 36.8 Å². The molecule has 0 saturated heterocycles. The van der Waals surface area contributed by atoms with Crippen LogP contribution in [0.15, 0.2) is 30.3 Å². The van der Waals surface area contributed by atoms with Crippen molar-refractivity contribution in [3.63, 3.8) is 0 Å². The lowest BCUT2D eigenvalue weighted by atomic mass is 9.84. The molecule has 23 heavy (non-hydrogen) atoms. The van der Waals surface area contributed by atoms with Gasteiger partial charge in [0, 0.05) is 14.0 Å². The minimum absolute atomic E-state index is 0.0747. The fourth-order valence-electron chi connectivity index (χ4n) is 3.52. The van der Waals surface area contributed by atoms with Gasteiger partial charge in [-0.05, 0) is 24.8 Å². The third-order valence-electron chi connectivity index (χ3n) is 4.57. The van der Waals surface area contributed by atoms with E-state index in [0.29, 0.717) is 5.90 Å². The van der Waals surface area contributed by atoms with Crippen LogP contribution in [0.4, 0.5) is 0 Å². The summed E-state index contributed by atoms with van der Waals surface area (Å²) in [4.78, 5) is 14.7. The topological polar surface area (TPSA) is 58.7 Å². The standard InChI is InChI=1S/C18H23NO4/c1-12(20)22-17-14-10-6-7-11-15(14)23-18(19-17)16(21-2)13-8-4-3-5-9-13/h3-5,8-9,14-17H,6-7,10-11H2,1-2H3/p+1/t14-,15+,16?,17?/m1/s1. The highest BCUT2D eigenvalue weighted by atomic mass is 16.6. The van der Waals surface area contributed by atoms with Crippen LogP contribution >= 0.6 is 0 Å². The van der Waals surface area contributed by atoms with Gasteiger partial charge in [-0.2, -0.15) is 4.99 Å². The van der Waals surface area contributed by atoms with E-state index in [1.165, 1.54) is 6.92 Å². The summed E-state index contributed by atoms with van der Waals surface area (Å²) in [6.45, 7) is 1.44. The van der Waals surface area contributed by atoms with Gasteiger partial charge in [-0.25, -0.2) is 0 Å². The number of ether oxygens (including phenoxy) is 3. The summed E-state index contributed by atoms with van der Waals surface area (Å²) in [5.41, 5.74) is 1.01. The second-order valence-corrected chi connectivity index (χ2v) is 6.17. The number of esters is 1. The van der Waals surface area contributed by atoms with Crippen molar-refractivity contribution >= 4 is 11.9 Å².